The summed E-state index contributed by atoms with van der Waals surface area (Å²) >= 11 is 0. The Bertz CT molecular complexity index is 726. The summed E-state index contributed by atoms with van der Waals surface area (Å²) in [5, 5.41) is 7.71. The molecule has 8 heteroatoms. The molecule has 0 aliphatic heterocycles. The first-order valence-corrected chi connectivity index (χ1v) is 8.56. The van der Waals surface area contributed by atoms with E-state index in [9.17, 15) is 18.0 Å². The van der Waals surface area contributed by atoms with Crippen molar-refractivity contribution in [1.29, 1.82) is 0 Å². The molecule has 0 heterocycles. The minimum Gasteiger partial charge on any atom is -0.467 e. The number of primary sulfonamides is 1. The van der Waals surface area contributed by atoms with Crippen molar-refractivity contribution in [1.82, 2.24) is 5.32 Å². The van der Waals surface area contributed by atoms with E-state index in [1.54, 1.807) is 27.7 Å². The summed E-state index contributed by atoms with van der Waals surface area (Å²) in [6, 6.07) is 1.79. The second kappa shape index (κ2) is 7.10. The summed E-state index contributed by atoms with van der Waals surface area (Å²) in [4.78, 5) is 24.1. The number of aryl methyl sites for hydroxylation is 1. The highest BCUT2D eigenvalue weighted by molar-refractivity contribution is 7.89. The molecule has 1 aromatic rings. The van der Waals surface area contributed by atoms with Crippen LogP contribution in [0.2, 0.25) is 0 Å². The molecular formula is C15H22N2O5S. The highest BCUT2D eigenvalue weighted by Gasteiger charge is 2.26. The topological polar surface area (TPSA) is 116 Å². The van der Waals surface area contributed by atoms with E-state index in [1.807, 2.05) is 0 Å². The normalized spacial score (nSPS) is 12.8. The maximum Gasteiger partial charge on any atom is 0.328 e. The Morgan fingerprint density at radius 1 is 1.22 bits per heavy atom. The van der Waals surface area contributed by atoms with E-state index < -0.39 is 27.9 Å². The van der Waals surface area contributed by atoms with Crippen molar-refractivity contribution in [3.05, 3.63) is 28.8 Å². The Kier molecular flexibility index (Phi) is 5.90. The second-order valence-corrected chi connectivity index (χ2v) is 7.24. The van der Waals surface area contributed by atoms with Crippen LogP contribution in [0.25, 0.3) is 0 Å². The average molecular weight is 342 g/mol. The van der Waals surface area contributed by atoms with Crippen molar-refractivity contribution in [3.63, 3.8) is 0 Å². The summed E-state index contributed by atoms with van der Waals surface area (Å²) in [5.74, 6) is -1.31. The first kappa shape index (κ1) is 19.1. The first-order chi connectivity index (χ1) is 10.5. The lowest BCUT2D eigenvalue weighted by molar-refractivity contribution is -0.144. The summed E-state index contributed by atoms with van der Waals surface area (Å²) in [6.07, 6.45) is 0. The number of rotatable bonds is 5. The zero-order valence-electron chi connectivity index (χ0n) is 13.8. The minimum atomic E-state index is -3.94. The molecule has 1 aromatic carbocycles. The van der Waals surface area contributed by atoms with E-state index in [4.69, 9.17) is 5.14 Å². The molecule has 0 unspecified atom stereocenters. The monoisotopic (exact) mass is 342 g/mol. The van der Waals surface area contributed by atoms with Gasteiger partial charge in [-0.1, -0.05) is 13.8 Å². The maximum absolute atomic E-state index is 12.5. The standard InChI is InChI=1S/C15H22N2O5S/c1-8(2)13(15(19)22-5)17-14(18)12-7-11(23(16,20)21)6-9(3)10(12)4/h6-8,13H,1-5H3,(H,17,18)(H2,16,20,21)/t13-/m0/s1. The molecule has 0 spiro atoms. The molecule has 1 amide bonds. The van der Waals surface area contributed by atoms with Gasteiger partial charge in [0.15, 0.2) is 0 Å². The van der Waals surface area contributed by atoms with Gasteiger partial charge in [0, 0.05) is 5.56 Å². The molecule has 0 radical (unpaired) electrons. The zero-order valence-corrected chi connectivity index (χ0v) is 14.7. The summed E-state index contributed by atoms with van der Waals surface area (Å²) in [7, 11) is -2.70. The van der Waals surface area contributed by atoms with Gasteiger partial charge in [0.2, 0.25) is 10.0 Å². The van der Waals surface area contributed by atoms with E-state index in [0.29, 0.717) is 11.1 Å². The van der Waals surface area contributed by atoms with Gasteiger partial charge in [0.25, 0.3) is 5.91 Å². The van der Waals surface area contributed by atoms with Gasteiger partial charge in [-0.3, -0.25) is 4.79 Å². The quantitative estimate of drug-likeness (QED) is 0.771. The van der Waals surface area contributed by atoms with Crippen LogP contribution >= 0.6 is 0 Å². The SMILES string of the molecule is COC(=O)[C@@H](NC(=O)c1cc(S(N)(=O)=O)cc(C)c1C)C(C)C. The lowest BCUT2D eigenvalue weighted by Crippen LogP contribution is -2.45. The van der Waals surface area contributed by atoms with Crippen LogP contribution < -0.4 is 10.5 Å². The van der Waals surface area contributed by atoms with Crippen LogP contribution in [-0.4, -0.2) is 33.4 Å². The van der Waals surface area contributed by atoms with E-state index in [2.05, 4.69) is 10.1 Å². The maximum atomic E-state index is 12.5. The number of amides is 1. The number of methoxy groups -OCH3 is 1. The molecule has 0 aliphatic carbocycles. The Balaban J connectivity index is 3.27. The summed E-state index contributed by atoms with van der Waals surface area (Å²) < 4.78 is 27.7. The Morgan fingerprint density at radius 3 is 2.22 bits per heavy atom. The Morgan fingerprint density at radius 2 is 1.78 bits per heavy atom. The fourth-order valence-corrected chi connectivity index (χ4v) is 2.69. The number of carbonyl (C=O) groups excluding carboxylic acids is 2. The number of hydrogen-bond donors (Lipinski definition) is 2. The third kappa shape index (κ3) is 4.52. The molecule has 7 nitrogen and oxygen atoms in total. The predicted octanol–water partition coefficient (Wildman–Crippen LogP) is 0.878. The van der Waals surface area contributed by atoms with Crippen LogP contribution in [0.15, 0.2) is 17.0 Å². The third-order valence-electron chi connectivity index (χ3n) is 3.62. The third-order valence-corrected chi connectivity index (χ3v) is 4.52. The molecule has 0 fully saturated rings. The van der Waals surface area contributed by atoms with Crippen LogP contribution in [0.4, 0.5) is 0 Å². The fourth-order valence-electron chi connectivity index (χ4n) is 2.07. The summed E-state index contributed by atoms with van der Waals surface area (Å²) in [6.45, 7) is 6.90. The molecule has 3 N–H and O–H groups in total. The van der Waals surface area contributed by atoms with Crippen LogP contribution in [-0.2, 0) is 19.6 Å². The molecule has 23 heavy (non-hydrogen) atoms. The molecule has 1 atom stereocenters. The van der Waals surface area contributed by atoms with Gasteiger partial charge in [0.05, 0.1) is 12.0 Å². The van der Waals surface area contributed by atoms with Crippen LogP contribution in [0.3, 0.4) is 0 Å². The van der Waals surface area contributed by atoms with Crippen molar-refractivity contribution in [2.45, 2.75) is 38.6 Å². The van der Waals surface area contributed by atoms with E-state index >= 15 is 0 Å². The van der Waals surface area contributed by atoms with Crippen LogP contribution in [0.1, 0.15) is 35.3 Å². The number of hydrogen-bond acceptors (Lipinski definition) is 5. The van der Waals surface area contributed by atoms with Crippen molar-refractivity contribution in [2.75, 3.05) is 7.11 Å². The lowest BCUT2D eigenvalue weighted by atomic mass is 10.0. The highest BCUT2D eigenvalue weighted by atomic mass is 32.2. The van der Waals surface area contributed by atoms with E-state index in [1.165, 1.54) is 19.2 Å². The van der Waals surface area contributed by atoms with E-state index in [0.717, 1.165) is 0 Å². The number of esters is 1. The molecular weight excluding hydrogens is 320 g/mol. The smallest absolute Gasteiger partial charge is 0.328 e. The number of ether oxygens (including phenoxy) is 1. The molecule has 0 saturated carbocycles. The van der Waals surface area contributed by atoms with Gasteiger partial charge in [-0.05, 0) is 43.0 Å². The number of benzene rings is 1. The molecule has 128 valence electrons. The number of sulfonamides is 1. The average Bonchev–Trinajstić information content (AvgIpc) is 2.44. The first-order valence-electron chi connectivity index (χ1n) is 7.01. The second-order valence-electron chi connectivity index (χ2n) is 5.68. The number of nitrogens with two attached hydrogens (primary N) is 1. The molecule has 0 aromatic heterocycles. The lowest BCUT2D eigenvalue weighted by Gasteiger charge is -2.21. The van der Waals surface area contributed by atoms with Gasteiger partial charge >= 0.3 is 5.97 Å². The molecule has 1 rings (SSSR count). The number of nitrogens with one attached hydrogen (secondary N) is 1. The zero-order chi connectivity index (χ0) is 17.9. The van der Waals surface area contributed by atoms with Gasteiger partial charge in [-0.25, -0.2) is 18.4 Å². The van der Waals surface area contributed by atoms with Crippen molar-refractivity contribution < 1.29 is 22.7 Å². The van der Waals surface area contributed by atoms with Gasteiger partial charge in [-0.2, -0.15) is 0 Å². The minimum absolute atomic E-state index is 0.148. The van der Waals surface area contributed by atoms with E-state index in [-0.39, 0.29) is 16.4 Å². The largest absolute Gasteiger partial charge is 0.467 e. The van der Waals surface area contributed by atoms with Crippen LogP contribution in [0.5, 0.6) is 0 Å². The highest BCUT2D eigenvalue weighted by Crippen LogP contribution is 2.19. The van der Waals surface area contributed by atoms with Crippen molar-refractivity contribution in [2.24, 2.45) is 11.1 Å². The Labute approximate surface area is 136 Å². The van der Waals surface area contributed by atoms with Crippen molar-refractivity contribution in [3.8, 4) is 0 Å². The van der Waals surface area contributed by atoms with Crippen LogP contribution in [0, 0.1) is 19.8 Å². The molecule has 0 saturated heterocycles. The molecule has 0 aliphatic rings. The van der Waals surface area contributed by atoms with Gasteiger partial charge in [0.1, 0.15) is 6.04 Å². The predicted molar refractivity (Wildman–Crippen MR) is 85.4 cm³/mol. The Hall–Kier alpha value is -1.93. The fraction of sp³-hybridized carbons (Fsp3) is 0.467. The summed E-state index contributed by atoms with van der Waals surface area (Å²) in [5.41, 5.74) is 1.38. The van der Waals surface area contributed by atoms with Crippen molar-refractivity contribution >= 4 is 21.9 Å². The van der Waals surface area contributed by atoms with Gasteiger partial charge < -0.3 is 10.1 Å². The van der Waals surface area contributed by atoms with Gasteiger partial charge in [-0.15, -0.1) is 0 Å². The number of carbonyl (C=O) groups is 2. The molecule has 0 bridgehead atoms.